The van der Waals surface area contributed by atoms with Crippen LogP contribution in [0.15, 0.2) is 0 Å². The Morgan fingerprint density at radius 3 is 2.61 bits per heavy atom. The summed E-state index contributed by atoms with van der Waals surface area (Å²) in [7, 11) is 1.67. The fourth-order valence-electron chi connectivity index (χ4n) is 2.46. The second-order valence-corrected chi connectivity index (χ2v) is 4.83. The van der Waals surface area contributed by atoms with E-state index in [4.69, 9.17) is 9.84 Å². The molecule has 2 atom stereocenters. The highest BCUT2D eigenvalue weighted by atomic mass is 16.5. The minimum absolute atomic E-state index is 0.0911. The van der Waals surface area contributed by atoms with Gasteiger partial charge in [0.05, 0.1) is 11.8 Å². The van der Waals surface area contributed by atoms with E-state index in [9.17, 15) is 9.59 Å². The molecule has 0 heterocycles. The summed E-state index contributed by atoms with van der Waals surface area (Å²) in [5.41, 5.74) is 0. The highest BCUT2D eigenvalue weighted by Crippen LogP contribution is 2.31. The minimum atomic E-state index is -0.840. The van der Waals surface area contributed by atoms with Gasteiger partial charge in [-0.2, -0.15) is 0 Å². The first-order valence-corrected chi connectivity index (χ1v) is 6.66. The van der Waals surface area contributed by atoms with E-state index in [-0.39, 0.29) is 11.8 Å². The average molecular weight is 257 g/mol. The number of carboxylic acid groups (broad SMARTS) is 1. The van der Waals surface area contributed by atoms with Crippen LogP contribution in [0.1, 0.15) is 38.5 Å². The lowest BCUT2D eigenvalue weighted by Crippen LogP contribution is -2.35. The lowest BCUT2D eigenvalue weighted by Gasteiger charge is -2.15. The smallest absolute Gasteiger partial charge is 0.307 e. The van der Waals surface area contributed by atoms with Gasteiger partial charge in [-0.05, 0) is 32.1 Å². The molecule has 0 radical (unpaired) electrons. The van der Waals surface area contributed by atoms with Crippen LogP contribution in [0.4, 0.5) is 0 Å². The summed E-state index contributed by atoms with van der Waals surface area (Å²) in [6.07, 6.45) is 5.09. The number of carboxylic acids is 1. The number of carbonyl (C=O) groups is 2. The van der Waals surface area contributed by atoms with E-state index in [2.05, 4.69) is 5.32 Å². The first-order valence-electron chi connectivity index (χ1n) is 6.66. The first kappa shape index (κ1) is 15.0. The van der Waals surface area contributed by atoms with Crippen LogP contribution in [0, 0.1) is 11.8 Å². The van der Waals surface area contributed by atoms with E-state index in [0.717, 1.165) is 32.3 Å². The average Bonchev–Trinajstić information content (AvgIpc) is 2.82. The van der Waals surface area contributed by atoms with Crippen LogP contribution in [0.2, 0.25) is 0 Å². The van der Waals surface area contributed by atoms with Crippen LogP contribution in [-0.2, 0) is 14.3 Å². The Labute approximate surface area is 108 Å². The zero-order chi connectivity index (χ0) is 13.4. The van der Waals surface area contributed by atoms with E-state index in [1.165, 1.54) is 0 Å². The van der Waals surface area contributed by atoms with Gasteiger partial charge in [-0.1, -0.05) is 6.42 Å². The molecule has 104 valence electrons. The second-order valence-electron chi connectivity index (χ2n) is 4.83. The molecule has 1 fully saturated rings. The number of nitrogens with one attached hydrogen (secondary N) is 1. The number of aliphatic carboxylic acids is 1. The van der Waals surface area contributed by atoms with Crippen LogP contribution >= 0.6 is 0 Å². The largest absolute Gasteiger partial charge is 0.481 e. The molecular formula is C13H23NO4. The first-order chi connectivity index (χ1) is 8.66. The van der Waals surface area contributed by atoms with Gasteiger partial charge in [-0.15, -0.1) is 0 Å². The van der Waals surface area contributed by atoms with Crippen molar-refractivity contribution in [2.24, 2.45) is 11.8 Å². The SMILES string of the molecule is COCCCCCNC(=O)C1CCCC1C(=O)O. The minimum Gasteiger partial charge on any atom is -0.481 e. The van der Waals surface area contributed by atoms with Gasteiger partial charge < -0.3 is 15.2 Å². The van der Waals surface area contributed by atoms with Crippen LogP contribution in [0.25, 0.3) is 0 Å². The van der Waals surface area contributed by atoms with Crippen LogP contribution in [0.5, 0.6) is 0 Å². The molecule has 18 heavy (non-hydrogen) atoms. The molecule has 0 aliphatic heterocycles. The van der Waals surface area contributed by atoms with E-state index < -0.39 is 11.9 Å². The Morgan fingerprint density at radius 2 is 1.94 bits per heavy atom. The van der Waals surface area contributed by atoms with Crippen molar-refractivity contribution in [3.8, 4) is 0 Å². The Hall–Kier alpha value is -1.10. The molecule has 5 heteroatoms. The maximum absolute atomic E-state index is 11.8. The van der Waals surface area contributed by atoms with Gasteiger partial charge in [0.2, 0.25) is 5.91 Å². The van der Waals surface area contributed by atoms with Gasteiger partial charge in [0.15, 0.2) is 0 Å². The molecule has 2 N–H and O–H groups in total. The van der Waals surface area contributed by atoms with E-state index in [1.807, 2.05) is 0 Å². The van der Waals surface area contributed by atoms with Crippen LogP contribution in [0.3, 0.4) is 0 Å². The van der Waals surface area contributed by atoms with Crippen molar-refractivity contribution in [2.75, 3.05) is 20.3 Å². The quantitative estimate of drug-likeness (QED) is 0.645. The lowest BCUT2D eigenvalue weighted by molar-refractivity contribution is -0.146. The molecule has 1 aliphatic carbocycles. The molecule has 2 unspecified atom stereocenters. The molecule has 0 aromatic carbocycles. The number of hydrogen-bond acceptors (Lipinski definition) is 3. The number of carbonyl (C=O) groups excluding carboxylic acids is 1. The van der Waals surface area contributed by atoms with E-state index in [0.29, 0.717) is 19.4 Å². The van der Waals surface area contributed by atoms with Crippen molar-refractivity contribution in [3.63, 3.8) is 0 Å². The van der Waals surface area contributed by atoms with E-state index >= 15 is 0 Å². The molecule has 1 saturated carbocycles. The summed E-state index contributed by atoms with van der Waals surface area (Å²) in [6.45, 7) is 1.38. The molecule has 0 spiro atoms. The molecule has 0 bridgehead atoms. The van der Waals surface area contributed by atoms with Crippen molar-refractivity contribution in [2.45, 2.75) is 38.5 Å². The van der Waals surface area contributed by atoms with Gasteiger partial charge in [0.25, 0.3) is 0 Å². The number of rotatable bonds is 8. The molecule has 0 aromatic heterocycles. The van der Waals surface area contributed by atoms with Crippen LogP contribution < -0.4 is 5.32 Å². The lowest BCUT2D eigenvalue weighted by atomic mass is 9.95. The third-order valence-electron chi connectivity index (χ3n) is 3.49. The summed E-state index contributed by atoms with van der Waals surface area (Å²) in [4.78, 5) is 22.8. The van der Waals surface area contributed by atoms with Gasteiger partial charge in [-0.25, -0.2) is 0 Å². The number of hydrogen-bond donors (Lipinski definition) is 2. The number of methoxy groups -OCH3 is 1. The maximum Gasteiger partial charge on any atom is 0.307 e. The number of unbranched alkanes of at least 4 members (excludes halogenated alkanes) is 2. The predicted molar refractivity (Wildman–Crippen MR) is 67.2 cm³/mol. The molecule has 5 nitrogen and oxygen atoms in total. The zero-order valence-electron chi connectivity index (χ0n) is 11.0. The fraction of sp³-hybridized carbons (Fsp3) is 0.846. The highest BCUT2D eigenvalue weighted by molar-refractivity contribution is 5.85. The summed E-state index contributed by atoms with van der Waals surface area (Å²) >= 11 is 0. The third kappa shape index (κ3) is 4.64. The van der Waals surface area contributed by atoms with Crippen molar-refractivity contribution in [1.29, 1.82) is 0 Å². The predicted octanol–water partition coefficient (Wildman–Crippen LogP) is 1.42. The monoisotopic (exact) mass is 257 g/mol. The Balaban J connectivity index is 2.18. The standard InChI is InChI=1S/C13H23NO4/c1-18-9-4-2-3-8-14-12(15)10-6-5-7-11(10)13(16)17/h10-11H,2-9H2,1H3,(H,14,15)(H,16,17). The fourth-order valence-corrected chi connectivity index (χ4v) is 2.46. The Bertz CT molecular complexity index is 280. The van der Waals surface area contributed by atoms with Gasteiger partial charge in [-0.3, -0.25) is 9.59 Å². The molecule has 1 aliphatic rings. The molecular weight excluding hydrogens is 234 g/mol. The van der Waals surface area contributed by atoms with Gasteiger partial charge in [0.1, 0.15) is 0 Å². The second kappa shape index (κ2) is 8.08. The molecule has 1 amide bonds. The van der Waals surface area contributed by atoms with Crippen LogP contribution in [-0.4, -0.2) is 37.2 Å². The molecule has 0 saturated heterocycles. The van der Waals surface area contributed by atoms with Gasteiger partial charge in [0, 0.05) is 20.3 Å². The van der Waals surface area contributed by atoms with Crippen molar-refractivity contribution < 1.29 is 19.4 Å². The van der Waals surface area contributed by atoms with Gasteiger partial charge >= 0.3 is 5.97 Å². The Morgan fingerprint density at radius 1 is 1.22 bits per heavy atom. The van der Waals surface area contributed by atoms with Crippen molar-refractivity contribution in [3.05, 3.63) is 0 Å². The Kier molecular flexibility index (Phi) is 6.72. The van der Waals surface area contributed by atoms with Crippen molar-refractivity contribution in [1.82, 2.24) is 5.32 Å². The number of amides is 1. The summed E-state index contributed by atoms with van der Waals surface area (Å²) < 4.78 is 4.94. The topological polar surface area (TPSA) is 75.6 Å². The number of ether oxygens (including phenoxy) is 1. The molecule has 0 aromatic rings. The summed E-state index contributed by atoms with van der Waals surface area (Å²) in [6, 6.07) is 0. The van der Waals surface area contributed by atoms with E-state index in [1.54, 1.807) is 7.11 Å². The maximum atomic E-state index is 11.8. The summed E-state index contributed by atoms with van der Waals surface area (Å²) in [5.74, 6) is -1.75. The third-order valence-corrected chi connectivity index (χ3v) is 3.49. The zero-order valence-corrected chi connectivity index (χ0v) is 11.0. The molecule has 1 rings (SSSR count). The highest BCUT2D eigenvalue weighted by Gasteiger charge is 2.37. The normalized spacial score (nSPS) is 22.9. The van der Waals surface area contributed by atoms with Crippen molar-refractivity contribution >= 4 is 11.9 Å². The summed E-state index contributed by atoms with van der Waals surface area (Å²) in [5, 5.41) is 11.9.